The monoisotopic (exact) mass is 199 g/mol. The SMILES string of the molecule is COCC(C)(C)NCC1=CCCOC1. The van der Waals surface area contributed by atoms with Crippen molar-refractivity contribution in [2.45, 2.75) is 25.8 Å². The first-order valence-electron chi connectivity index (χ1n) is 5.14. The molecule has 1 rings (SSSR count). The number of nitrogens with one attached hydrogen (secondary N) is 1. The van der Waals surface area contributed by atoms with Gasteiger partial charge in [0.05, 0.1) is 19.8 Å². The second kappa shape index (κ2) is 5.49. The summed E-state index contributed by atoms with van der Waals surface area (Å²) in [5.74, 6) is 0. The van der Waals surface area contributed by atoms with E-state index in [1.165, 1.54) is 5.57 Å². The molecule has 0 spiro atoms. The van der Waals surface area contributed by atoms with Gasteiger partial charge in [0.1, 0.15) is 0 Å². The first-order chi connectivity index (χ1) is 6.64. The number of rotatable bonds is 5. The topological polar surface area (TPSA) is 30.5 Å². The van der Waals surface area contributed by atoms with Gasteiger partial charge in [-0.15, -0.1) is 0 Å². The molecule has 0 radical (unpaired) electrons. The molecule has 0 aromatic rings. The Balaban J connectivity index is 2.27. The van der Waals surface area contributed by atoms with Crippen LogP contribution in [0.25, 0.3) is 0 Å². The molecule has 0 bridgehead atoms. The molecule has 1 aliphatic rings. The third-order valence-corrected chi connectivity index (χ3v) is 2.28. The zero-order valence-electron chi connectivity index (χ0n) is 9.43. The van der Waals surface area contributed by atoms with E-state index in [2.05, 4.69) is 25.2 Å². The summed E-state index contributed by atoms with van der Waals surface area (Å²) >= 11 is 0. The van der Waals surface area contributed by atoms with Crippen LogP contribution in [-0.4, -0.2) is 39.0 Å². The zero-order valence-corrected chi connectivity index (χ0v) is 9.43. The number of ether oxygens (including phenoxy) is 2. The Bertz CT molecular complexity index is 199. The van der Waals surface area contributed by atoms with Crippen molar-refractivity contribution < 1.29 is 9.47 Å². The van der Waals surface area contributed by atoms with Crippen molar-refractivity contribution in [2.75, 3.05) is 33.5 Å². The summed E-state index contributed by atoms with van der Waals surface area (Å²) in [5.41, 5.74) is 1.38. The summed E-state index contributed by atoms with van der Waals surface area (Å²) in [6.45, 7) is 7.54. The van der Waals surface area contributed by atoms with Crippen molar-refractivity contribution in [2.24, 2.45) is 0 Å². The van der Waals surface area contributed by atoms with Gasteiger partial charge in [-0.05, 0) is 25.8 Å². The van der Waals surface area contributed by atoms with Gasteiger partial charge < -0.3 is 14.8 Å². The van der Waals surface area contributed by atoms with E-state index >= 15 is 0 Å². The molecule has 3 nitrogen and oxygen atoms in total. The number of hydrogen-bond donors (Lipinski definition) is 1. The lowest BCUT2D eigenvalue weighted by atomic mass is 10.1. The predicted octanol–water partition coefficient (Wildman–Crippen LogP) is 1.35. The summed E-state index contributed by atoms with van der Waals surface area (Å²) in [6.07, 6.45) is 3.31. The lowest BCUT2D eigenvalue weighted by Crippen LogP contribution is -2.44. The molecule has 1 heterocycles. The molecule has 0 aromatic heterocycles. The van der Waals surface area contributed by atoms with Crippen LogP contribution in [0.3, 0.4) is 0 Å². The minimum absolute atomic E-state index is 0.0348. The van der Waals surface area contributed by atoms with Gasteiger partial charge in [-0.25, -0.2) is 0 Å². The Hall–Kier alpha value is -0.380. The summed E-state index contributed by atoms with van der Waals surface area (Å²) in [5, 5.41) is 3.46. The maximum Gasteiger partial charge on any atom is 0.0689 e. The van der Waals surface area contributed by atoms with E-state index < -0.39 is 0 Å². The Morgan fingerprint density at radius 3 is 2.93 bits per heavy atom. The number of methoxy groups -OCH3 is 1. The van der Waals surface area contributed by atoms with Gasteiger partial charge in [0, 0.05) is 19.2 Å². The van der Waals surface area contributed by atoms with Gasteiger partial charge in [-0.3, -0.25) is 0 Å². The van der Waals surface area contributed by atoms with Gasteiger partial charge in [0.25, 0.3) is 0 Å². The molecule has 0 saturated heterocycles. The Labute approximate surface area is 86.5 Å². The lowest BCUT2D eigenvalue weighted by molar-refractivity contribution is 0.125. The standard InChI is InChI=1S/C11H21NO2/c1-11(2,9-13-3)12-7-10-5-4-6-14-8-10/h5,12H,4,6-9H2,1-3H3. The summed E-state index contributed by atoms with van der Waals surface area (Å²) in [7, 11) is 1.73. The van der Waals surface area contributed by atoms with Crippen LogP contribution in [0.15, 0.2) is 11.6 Å². The summed E-state index contributed by atoms with van der Waals surface area (Å²) in [6, 6.07) is 0. The van der Waals surface area contributed by atoms with Crippen LogP contribution in [-0.2, 0) is 9.47 Å². The van der Waals surface area contributed by atoms with Crippen molar-refractivity contribution >= 4 is 0 Å². The van der Waals surface area contributed by atoms with Crippen LogP contribution in [0.5, 0.6) is 0 Å². The molecule has 1 N–H and O–H groups in total. The smallest absolute Gasteiger partial charge is 0.0689 e. The fraction of sp³-hybridized carbons (Fsp3) is 0.818. The zero-order chi connectivity index (χ0) is 10.4. The summed E-state index contributed by atoms with van der Waals surface area (Å²) in [4.78, 5) is 0. The van der Waals surface area contributed by atoms with Crippen LogP contribution >= 0.6 is 0 Å². The fourth-order valence-corrected chi connectivity index (χ4v) is 1.50. The fourth-order valence-electron chi connectivity index (χ4n) is 1.50. The normalized spacial score (nSPS) is 18.1. The molecule has 0 amide bonds. The minimum Gasteiger partial charge on any atom is -0.383 e. The quantitative estimate of drug-likeness (QED) is 0.678. The van der Waals surface area contributed by atoms with Crippen LogP contribution in [0.4, 0.5) is 0 Å². The summed E-state index contributed by atoms with van der Waals surface area (Å²) < 4.78 is 10.5. The Kier molecular flexibility index (Phi) is 4.58. The Morgan fingerprint density at radius 2 is 2.36 bits per heavy atom. The van der Waals surface area contributed by atoms with Gasteiger partial charge >= 0.3 is 0 Å². The maximum atomic E-state index is 5.37. The molecule has 0 aliphatic carbocycles. The molecule has 14 heavy (non-hydrogen) atoms. The van der Waals surface area contributed by atoms with Crippen LogP contribution in [0.2, 0.25) is 0 Å². The molecular weight excluding hydrogens is 178 g/mol. The van der Waals surface area contributed by atoms with Crippen molar-refractivity contribution in [3.8, 4) is 0 Å². The van der Waals surface area contributed by atoms with E-state index in [4.69, 9.17) is 9.47 Å². The highest BCUT2D eigenvalue weighted by molar-refractivity contribution is 5.07. The predicted molar refractivity (Wildman–Crippen MR) is 57.5 cm³/mol. The first kappa shape index (κ1) is 11.7. The van der Waals surface area contributed by atoms with E-state index in [0.29, 0.717) is 0 Å². The van der Waals surface area contributed by atoms with Gasteiger partial charge in [0.2, 0.25) is 0 Å². The van der Waals surface area contributed by atoms with Gasteiger partial charge in [-0.2, -0.15) is 0 Å². The van der Waals surface area contributed by atoms with E-state index in [0.717, 1.165) is 32.8 Å². The third kappa shape index (κ3) is 4.22. The van der Waals surface area contributed by atoms with Gasteiger partial charge in [-0.1, -0.05) is 6.08 Å². The first-order valence-corrected chi connectivity index (χ1v) is 5.14. The second-order valence-electron chi connectivity index (χ2n) is 4.37. The number of hydrogen-bond acceptors (Lipinski definition) is 3. The largest absolute Gasteiger partial charge is 0.383 e. The molecule has 0 aromatic carbocycles. The molecular formula is C11H21NO2. The molecule has 0 saturated carbocycles. The second-order valence-corrected chi connectivity index (χ2v) is 4.37. The molecule has 82 valence electrons. The van der Waals surface area contributed by atoms with Crippen LogP contribution < -0.4 is 5.32 Å². The highest BCUT2D eigenvalue weighted by atomic mass is 16.5. The molecule has 1 aliphatic heterocycles. The molecule has 3 heteroatoms. The molecule has 0 fully saturated rings. The Morgan fingerprint density at radius 1 is 1.57 bits per heavy atom. The minimum atomic E-state index is 0.0348. The highest BCUT2D eigenvalue weighted by Crippen LogP contribution is 2.07. The van der Waals surface area contributed by atoms with Crippen LogP contribution in [0.1, 0.15) is 20.3 Å². The van der Waals surface area contributed by atoms with Crippen LogP contribution in [0, 0.1) is 0 Å². The van der Waals surface area contributed by atoms with Crippen molar-refractivity contribution in [3.63, 3.8) is 0 Å². The maximum absolute atomic E-state index is 5.37. The highest BCUT2D eigenvalue weighted by Gasteiger charge is 2.17. The van der Waals surface area contributed by atoms with E-state index in [1.807, 2.05) is 0 Å². The third-order valence-electron chi connectivity index (χ3n) is 2.28. The van der Waals surface area contributed by atoms with E-state index in [9.17, 15) is 0 Å². The van der Waals surface area contributed by atoms with Crippen molar-refractivity contribution in [1.29, 1.82) is 0 Å². The van der Waals surface area contributed by atoms with E-state index in [1.54, 1.807) is 7.11 Å². The average Bonchev–Trinajstić information content (AvgIpc) is 2.17. The molecule has 0 unspecified atom stereocenters. The van der Waals surface area contributed by atoms with Crippen molar-refractivity contribution in [3.05, 3.63) is 11.6 Å². The van der Waals surface area contributed by atoms with Gasteiger partial charge in [0.15, 0.2) is 0 Å². The van der Waals surface area contributed by atoms with E-state index in [-0.39, 0.29) is 5.54 Å². The molecule has 0 atom stereocenters. The lowest BCUT2D eigenvalue weighted by Gasteiger charge is -2.26. The average molecular weight is 199 g/mol. The van der Waals surface area contributed by atoms with Crippen molar-refractivity contribution in [1.82, 2.24) is 5.32 Å².